The summed E-state index contributed by atoms with van der Waals surface area (Å²) in [6.07, 6.45) is 15.4. The zero-order chi connectivity index (χ0) is 19.3. The van der Waals surface area contributed by atoms with Gasteiger partial charge in [0, 0.05) is 22.9 Å². The van der Waals surface area contributed by atoms with Crippen LogP contribution in [0, 0.1) is 0 Å². The Balaban J connectivity index is 4.77. The monoisotopic (exact) mass is 361 g/mol. The number of hydrogen-bond acceptors (Lipinski definition) is 3. The quantitative estimate of drug-likeness (QED) is 0.347. The Labute approximate surface area is 159 Å². The van der Waals surface area contributed by atoms with Gasteiger partial charge in [-0.3, -0.25) is 0 Å². The second-order valence-electron chi connectivity index (χ2n) is 6.08. The van der Waals surface area contributed by atoms with Gasteiger partial charge in [0.15, 0.2) is 0 Å². The first-order chi connectivity index (χ1) is 11.8. The van der Waals surface area contributed by atoms with Crippen LogP contribution in [0.25, 0.3) is 0 Å². The third-order valence-corrected chi connectivity index (χ3v) is 5.08. The van der Waals surface area contributed by atoms with Crippen molar-refractivity contribution in [2.45, 2.75) is 46.1 Å². The van der Waals surface area contributed by atoms with Gasteiger partial charge in [-0.15, -0.1) is 0 Å². The molecule has 0 amide bonds. The molecule has 0 spiro atoms. The molecule has 0 aromatic rings. The summed E-state index contributed by atoms with van der Waals surface area (Å²) in [7, 11) is 2.06. The van der Waals surface area contributed by atoms with Gasteiger partial charge in [0.25, 0.3) is 0 Å². The minimum absolute atomic E-state index is 0.645. The smallest absolute Gasteiger partial charge is 0.0900 e. The Morgan fingerprint density at radius 1 is 1.12 bits per heavy atom. The lowest BCUT2D eigenvalue weighted by Gasteiger charge is -2.29. The number of thioether (sulfide) groups is 1. The van der Waals surface area contributed by atoms with Gasteiger partial charge >= 0.3 is 0 Å². The van der Waals surface area contributed by atoms with Gasteiger partial charge in [-0.1, -0.05) is 68.3 Å². The standard InChI is InChI=1S/C22H35NOS/c1-8-12-17-23(7)18-16-22(24,11-4)19(5)14-15-20(6)25-21(10-3)13-9-2/h8-10,12-15,24H,5-6,11,16-18H2,1-4,7H3/b12-8+,13-9-,15-14-,21-10+. The lowest BCUT2D eigenvalue weighted by Crippen LogP contribution is -2.34. The summed E-state index contributed by atoms with van der Waals surface area (Å²) < 4.78 is 0. The summed E-state index contributed by atoms with van der Waals surface area (Å²) in [5.41, 5.74) is -0.137. The van der Waals surface area contributed by atoms with E-state index in [2.05, 4.69) is 43.3 Å². The lowest BCUT2D eigenvalue weighted by atomic mass is 9.88. The molecular weight excluding hydrogens is 326 g/mol. The average Bonchev–Trinajstić information content (AvgIpc) is 2.61. The van der Waals surface area contributed by atoms with Crippen LogP contribution in [-0.4, -0.2) is 35.7 Å². The van der Waals surface area contributed by atoms with Crippen molar-refractivity contribution in [3.8, 4) is 0 Å². The Bertz CT molecular complexity index is 542. The van der Waals surface area contributed by atoms with E-state index in [-0.39, 0.29) is 0 Å². The molecular formula is C22H35NOS. The van der Waals surface area contributed by atoms with Crippen LogP contribution in [0.1, 0.15) is 40.5 Å². The minimum atomic E-state index is -0.877. The van der Waals surface area contributed by atoms with Crippen molar-refractivity contribution in [3.05, 3.63) is 71.1 Å². The molecule has 2 nitrogen and oxygen atoms in total. The van der Waals surface area contributed by atoms with E-state index < -0.39 is 5.60 Å². The predicted molar refractivity (Wildman–Crippen MR) is 116 cm³/mol. The van der Waals surface area contributed by atoms with Crippen LogP contribution in [0.15, 0.2) is 71.1 Å². The van der Waals surface area contributed by atoms with Crippen LogP contribution in [-0.2, 0) is 0 Å². The Morgan fingerprint density at radius 2 is 1.80 bits per heavy atom. The topological polar surface area (TPSA) is 23.5 Å². The summed E-state index contributed by atoms with van der Waals surface area (Å²) >= 11 is 1.61. The Kier molecular flexibility index (Phi) is 12.3. The molecule has 0 rings (SSSR count). The van der Waals surface area contributed by atoms with Gasteiger partial charge in [0.1, 0.15) is 0 Å². The van der Waals surface area contributed by atoms with E-state index in [1.807, 2.05) is 52.0 Å². The van der Waals surface area contributed by atoms with Crippen molar-refractivity contribution >= 4 is 11.8 Å². The third-order valence-electron chi connectivity index (χ3n) is 4.08. The fourth-order valence-electron chi connectivity index (χ4n) is 2.20. The molecule has 3 heteroatoms. The predicted octanol–water partition coefficient (Wildman–Crippen LogP) is 5.86. The fourth-order valence-corrected chi connectivity index (χ4v) is 2.97. The molecule has 140 valence electrons. The molecule has 0 heterocycles. The van der Waals surface area contributed by atoms with Crippen molar-refractivity contribution < 1.29 is 5.11 Å². The van der Waals surface area contributed by atoms with Crippen LogP contribution in [0.4, 0.5) is 0 Å². The van der Waals surface area contributed by atoms with E-state index in [0.717, 1.165) is 28.5 Å². The van der Waals surface area contributed by atoms with Crippen LogP contribution >= 0.6 is 11.8 Å². The number of allylic oxidation sites excluding steroid dienone is 5. The molecule has 0 aliphatic carbocycles. The van der Waals surface area contributed by atoms with Gasteiger partial charge in [-0.25, -0.2) is 0 Å². The number of likely N-dealkylation sites (N-methyl/N-ethyl adjacent to an activating group) is 1. The van der Waals surface area contributed by atoms with Crippen molar-refractivity contribution in [3.63, 3.8) is 0 Å². The van der Waals surface area contributed by atoms with Crippen LogP contribution in [0.5, 0.6) is 0 Å². The molecule has 0 aliphatic heterocycles. The Hall–Kier alpha value is -1.29. The number of hydrogen-bond donors (Lipinski definition) is 1. The second kappa shape index (κ2) is 13.0. The molecule has 0 aromatic carbocycles. The van der Waals surface area contributed by atoms with Crippen molar-refractivity contribution in [2.75, 3.05) is 20.1 Å². The molecule has 0 saturated heterocycles. The lowest BCUT2D eigenvalue weighted by molar-refractivity contribution is 0.0600. The van der Waals surface area contributed by atoms with Gasteiger partial charge in [0.05, 0.1) is 5.60 Å². The van der Waals surface area contributed by atoms with Crippen LogP contribution < -0.4 is 0 Å². The normalized spacial score (nSPS) is 15.6. The van der Waals surface area contributed by atoms with E-state index in [1.54, 1.807) is 11.8 Å². The average molecular weight is 362 g/mol. The molecule has 1 atom stereocenters. The maximum atomic E-state index is 10.9. The fraction of sp³-hybridized carbons (Fsp3) is 0.455. The second-order valence-corrected chi connectivity index (χ2v) is 7.28. The highest BCUT2D eigenvalue weighted by Crippen LogP contribution is 2.29. The van der Waals surface area contributed by atoms with E-state index in [4.69, 9.17) is 0 Å². The first kappa shape index (κ1) is 23.7. The van der Waals surface area contributed by atoms with E-state index >= 15 is 0 Å². The summed E-state index contributed by atoms with van der Waals surface area (Å²) in [6.45, 7) is 17.9. The number of aliphatic hydroxyl groups is 1. The maximum Gasteiger partial charge on any atom is 0.0900 e. The SMILES string of the molecule is C=C(/C=C\C(=C)C(O)(CC)CCN(C)C/C=C/C)SC(/C=C\C)=C/C. The van der Waals surface area contributed by atoms with E-state index in [9.17, 15) is 5.11 Å². The van der Waals surface area contributed by atoms with Crippen LogP contribution in [0.3, 0.4) is 0 Å². The zero-order valence-corrected chi connectivity index (χ0v) is 17.4. The van der Waals surface area contributed by atoms with Gasteiger partial charge in [0.2, 0.25) is 0 Å². The maximum absolute atomic E-state index is 10.9. The largest absolute Gasteiger partial charge is 0.385 e. The molecule has 0 aromatic heterocycles. The molecule has 0 bridgehead atoms. The summed E-state index contributed by atoms with van der Waals surface area (Å²) in [5.74, 6) is 0. The molecule has 25 heavy (non-hydrogen) atoms. The third kappa shape index (κ3) is 9.69. The molecule has 1 N–H and O–H groups in total. The first-order valence-corrected chi connectivity index (χ1v) is 9.69. The Morgan fingerprint density at radius 3 is 2.32 bits per heavy atom. The highest BCUT2D eigenvalue weighted by Gasteiger charge is 2.26. The minimum Gasteiger partial charge on any atom is -0.385 e. The van der Waals surface area contributed by atoms with Crippen molar-refractivity contribution in [1.82, 2.24) is 4.90 Å². The number of rotatable bonds is 12. The molecule has 0 fully saturated rings. The van der Waals surface area contributed by atoms with E-state index in [1.165, 1.54) is 0 Å². The first-order valence-electron chi connectivity index (χ1n) is 8.88. The van der Waals surface area contributed by atoms with E-state index in [0.29, 0.717) is 12.8 Å². The highest BCUT2D eigenvalue weighted by molar-refractivity contribution is 8.07. The van der Waals surface area contributed by atoms with Crippen LogP contribution in [0.2, 0.25) is 0 Å². The highest BCUT2D eigenvalue weighted by atomic mass is 32.2. The van der Waals surface area contributed by atoms with Crippen molar-refractivity contribution in [2.24, 2.45) is 0 Å². The zero-order valence-electron chi connectivity index (χ0n) is 16.6. The number of nitrogens with zero attached hydrogens (tertiary/aromatic N) is 1. The van der Waals surface area contributed by atoms with Gasteiger partial charge in [-0.05, 0) is 52.3 Å². The molecule has 0 radical (unpaired) electrons. The molecule has 0 aliphatic rings. The van der Waals surface area contributed by atoms with Crippen molar-refractivity contribution in [1.29, 1.82) is 0 Å². The molecule has 1 unspecified atom stereocenters. The van der Waals surface area contributed by atoms with Gasteiger partial charge in [-0.2, -0.15) is 0 Å². The molecule has 0 saturated carbocycles. The summed E-state index contributed by atoms with van der Waals surface area (Å²) in [6, 6.07) is 0. The summed E-state index contributed by atoms with van der Waals surface area (Å²) in [5, 5.41) is 10.9. The summed E-state index contributed by atoms with van der Waals surface area (Å²) in [4.78, 5) is 4.28. The van der Waals surface area contributed by atoms with Gasteiger partial charge < -0.3 is 10.0 Å².